The second kappa shape index (κ2) is 8.74. The zero-order valence-corrected chi connectivity index (χ0v) is 11.5. The molecule has 1 fully saturated rings. The van der Waals surface area contributed by atoms with E-state index in [4.69, 9.17) is 9.84 Å². The highest BCUT2D eigenvalue weighted by molar-refractivity contribution is 5.73. The maximum atomic E-state index is 11.4. The monoisotopic (exact) mass is 272 g/mol. The predicted molar refractivity (Wildman–Crippen MR) is 71.0 cm³/mol. The first-order chi connectivity index (χ1) is 9.08. The molecule has 6 heteroatoms. The van der Waals surface area contributed by atoms with Gasteiger partial charge in [0.1, 0.15) is 0 Å². The van der Waals surface area contributed by atoms with E-state index in [1.807, 2.05) is 6.92 Å². The van der Waals surface area contributed by atoms with Gasteiger partial charge in [0.2, 0.25) is 0 Å². The van der Waals surface area contributed by atoms with Gasteiger partial charge < -0.3 is 20.5 Å². The summed E-state index contributed by atoms with van der Waals surface area (Å²) in [5.41, 5.74) is 0. The van der Waals surface area contributed by atoms with Crippen molar-refractivity contribution in [3.8, 4) is 0 Å². The first-order valence-corrected chi connectivity index (χ1v) is 6.89. The number of amides is 2. The molecule has 6 nitrogen and oxygen atoms in total. The number of hydrogen-bond donors (Lipinski definition) is 3. The number of carboxylic acid groups (broad SMARTS) is 1. The molecule has 0 saturated heterocycles. The van der Waals surface area contributed by atoms with Crippen molar-refractivity contribution in [3.63, 3.8) is 0 Å². The van der Waals surface area contributed by atoms with Crippen LogP contribution in [-0.2, 0) is 9.53 Å². The summed E-state index contributed by atoms with van der Waals surface area (Å²) in [5.74, 6) is 0.0981. The van der Waals surface area contributed by atoms with Crippen molar-refractivity contribution >= 4 is 12.0 Å². The van der Waals surface area contributed by atoms with Crippen molar-refractivity contribution in [1.82, 2.24) is 10.6 Å². The van der Waals surface area contributed by atoms with Crippen LogP contribution in [0.5, 0.6) is 0 Å². The first-order valence-electron chi connectivity index (χ1n) is 6.89. The highest BCUT2D eigenvalue weighted by atomic mass is 16.5. The summed E-state index contributed by atoms with van der Waals surface area (Å²) in [6.45, 7) is 4.25. The number of nitrogens with one attached hydrogen (secondary N) is 2. The number of carbonyl (C=O) groups excluding carboxylic acids is 1. The largest absolute Gasteiger partial charge is 0.481 e. The lowest BCUT2D eigenvalue weighted by atomic mass is 10.1. The number of rotatable bonds is 10. The molecule has 0 heterocycles. The van der Waals surface area contributed by atoms with Gasteiger partial charge in [0.15, 0.2) is 0 Å². The quantitative estimate of drug-likeness (QED) is 0.522. The van der Waals surface area contributed by atoms with Crippen LogP contribution < -0.4 is 10.6 Å². The summed E-state index contributed by atoms with van der Waals surface area (Å²) in [7, 11) is 0. The molecule has 0 radical (unpaired) electrons. The van der Waals surface area contributed by atoms with Gasteiger partial charge in [-0.25, -0.2) is 4.79 Å². The zero-order chi connectivity index (χ0) is 14.1. The topological polar surface area (TPSA) is 87.7 Å². The highest BCUT2D eigenvalue weighted by Gasteiger charge is 2.20. The standard InChI is InChI=1S/C13H24N2O4/c1-10(2-5-12(16)17)8-15-13(18)14-6-7-19-9-11-3-4-11/h10-11H,2-9H2,1H3,(H,16,17)(H2,14,15,18). The molecule has 1 saturated carbocycles. The van der Waals surface area contributed by atoms with E-state index in [2.05, 4.69) is 10.6 Å². The minimum absolute atomic E-state index is 0.138. The molecule has 0 bridgehead atoms. The van der Waals surface area contributed by atoms with Crippen LogP contribution in [0.25, 0.3) is 0 Å². The Hall–Kier alpha value is -1.30. The van der Waals surface area contributed by atoms with Crippen LogP contribution in [0.1, 0.15) is 32.6 Å². The molecule has 3 N–H and O–H groups in total. The average molecular weight is 272 g/mol. The molecule has 0 aromatic rings. The van der Waals surface area contributed by atoms with Crippen LogP contribution >= 0.6 is 0 Å². The van der Waals surface area contributed by atoms with Crippen molar-refractivity contribution in [2.45, 2.75) is 32.6 Å². The van der Waals surface area contributed by atoms with Crippen molar-refractivity contribution in [1.29, 1.82) is 0 Å². The summed E-state index contributed by atoms with van der Waals surface area (Å²) in [5, 5.41) is 14.0. The Morgan fingerprint density at radius 1 is 1.37 bits per heavy atom. The van der Waals surface area contributed by atoms with Gasteiger partial charge in [-0.3, -0.25) is 4.79 Å². The van der Waals surface area contributed by atoms with Crippen molar-refractivity contribution < 1.29 is 19.4 Å². The van der Waals surface area contributed by atoms with Crippen molar-refractivity contribution in [2.24, 2.45) is 11.8 Å². The molecule has 0 aliphatic heterocycles. The normalized spacial score (nSPS) is 15.8. The lowest BCUT2D eigenvalue weighted by molar-refractivity contribution is -0.137. The van der Waals surface area contributed by atoms with Gasteiger partial charge in [0.25, 0.3) is 0 Å². The van der Waals surface area contributed by atoms with Crippen LogP contribution in [0, 0.1) is 11.8 Å². The Labute approximate surface area is 113 Å². The molecule has 1 rings (SSSR count). The molecule has 2 amide bonds. The van der Waals surface area contributed by atoms with Gasteiger partial charge >= 0.3 is 12.0 Å². The number of aliphatic carboxylic acids is 1. The summed E-state index contributed by atoms with van der Waals surface area (Å²) in [6.07, 6.45) is 3.24. The van der Waals surface area contributed by atoms with Crippen molar-refractivity contribution in [3.05, 3.63) is 0 Å². The fraction of sp³-hybridized carbons (Fsp3) is 0.846. The van der Waals surface area contributed by atoms with Gasteiger partial charge in [-0.1, -0.05) is 6.92 Å². The van der Waals surface area contributed by atoms with Crippen LogP contribution in [-0.4, -0.2) is 43.4 Å². The van der Waals surface area contributed by atoms with E-state index in [0.717, 1.165) is 12.5 Å². The predicted octanol–water partition coefficient (Wildman–Crippen LogP) is 1.21. The lowest BCUT2D eigenvalue weighted by Gasteiger charge is -2.12. The van der Waals surface area contributed by atoms with Gasteiger partial charge in [-0.15, -0.1) is 0 Å². The Balaban J connectivity index is 1.89. The number of ether oxygens (including phenoxy) is 1. The fourth-order valence-electron chi connectivity index (χ4n) is 1.57. The van der Waals surface area contributed by atoms with E-state index in [-0.39, 0.29) is 18.4 Å². The molecule has 1 atom stereocenters. The van der Waals surface area contributed by atoms with Crippen LogP contribution in [0.3, 0.4) is 0 Å². The van der Waals surface area contributed by atoms with Gasteiger partial charge in [-0.2, -0.15) is 0 Å². The van der Waals surface area contributed by atoms with Crippen molar-refractivity contribution in [2.75, 3.05) is 26.3 Å². The first kappa shape index (κ1) is 15.8. The molecular weight excluding hydrogens is 248 g/mol. The highest BCUT2D eigenvalue weighted by Crippen LogP contribution is 2.28. The van der Waals surface area contributed by atoms with E-state index >= 15 is 0 Å². The minimum Gasteiger partial charge on any atom is -0.481 e. The second-order valence-electron chi connectivity index (χ2n) is 5.19. The van der Waals surface area contributed by atoms with E-state index in [0.29, 0.717) is 26.1 Å². The van der Waals surface area contributed by atoms with E-state index < -0.39 is 5.97 Å². The summed E-state index contributed by atoms with van der Waals surface area (Å²) in [4.78, 5) is 21.8. The lowest BCUT2D eigenvalue weighted by Crippen LogP contribution is -2.39. The van der Waals surface area contributed by atoms with Gasteiger partial charge in [0.05, 0.1) is 6.61 Å². The smallest absolute Gasteiger partial charge is 0.314 e. The Kier molecular flexibility index (Phi) is 7.25. The van der Waals surface area contributed by atoms with E-state index in [1.54, 1.807) is 0 Å². The third-order valence-corrected chi connectivity index (χ3v) is 3.04. The summed E-state index contributed by atoms with van der Waals surface area (Å²) in [6, 6.07) is -0.225. The Morgan fingerprint density at radius 3 is 2.74 bits per heavy atom. The molecule has 0 spiro atoms. The SMILES string of the molecule is CC(CCC(=O)O)CNC(=O)NCCOCC1CC1. The Bertz CT molecular complexity index is 292. The maximum absolute atomic E-state index is 11.4. The van der Waals surface area contributed by atoms with E-state index in [1.165, 1.54) is 12.8 Å². The maximum Gasteiger partial charge on any atom is 0.314 e. The molecule has 19 heavy (non-hydrogen) atoms. The zero-order valence-electron chi connectivity index (χ0n) is 11.5. The number of carbonyl (C=O) groups is 2. The Morgan fingerprint density at radius 2 is 2.11 bits per heavy atom. The molecule has 0 aromatic carbocycles. The average Bonchev–Trinajstić information content (AvgIpc) is 3.17. The molecular formula is C13H24N2O4. The van der Waals surface area contributed by atoms with Gasteiger partial charge in [0, 0.05) is 26.1 Å². The number of hydrogen-bond acceptors (Lipinski definition) is 3. The second-order valence-corrected chi connectivity index (χ2v) is 5.19. The number of urea groups is 1. The third kappa shape index (κ3) is 9.30. The molecule has 1 aliphatic carbocycles. The van der Waals surface area contributed by atoms with Crippen LogP contribution in [0.2, 0.25) is 0 Å². The molecule has 110 valence electrons. The third-order valence-electron chi connectivity index (χ3n) is 3.04. The summed E-state index contributed by atoms with van der Waals surface area (Å²) >= 11 is 0. The number of carboxylic acids is 1. The molecule has 1 aliphatic rings. The van der Waals surface area contributed by atoms with E-state index in [9.17, 15) is 9.59 Å². The minimum atomic E-state index is -0.802. The molecule has 0 aromatic heterocycles. The fourth-order valence-corrected chi connectivity index (χ4v) is 1.57. The van der Waals surface area contributed by atoms with Crippen LogP contribution in [0.15, 0.2) is 0 Å². The van der Waals surface area contributed by atoms with Gasteiger partial charge in [-0.05, 0) is 31.1 Å². The summed E-state index contributed by atoms with van der Waals surface area (Å²) < 4.78 is 5.39. The van der Waals surface area contributed by atoms with Crippen LogP contribution in [0.4, 0.5) is 4.79 Å². The molecule has 1 unspecified atom stereocenters.